The van der Waals surface area contributed by atoms with Gasteiger partial charge in [-0.1, -0.05) is 6.92 Å². The minimum Gasteiger partial charge on any atom is -0.303 e. The average molecular weight is 209 g/mol. The van der Waals surface area contributed by atoms with Crippen LogP contribution in [0.25, 0.3) is 0 Å². The summed E-state index contributed by atoms with van der Waals surface area (Å²) in [6.45, 7) is 4.56. The zero-order chi connectivity index (χ0) is 9.90. The molecule has 0 aromatic rings. The van der Waals surface area contributed by atoms with E-state index in [4.69, 9.17) is 9.79 Å². The van der Waals surface area contributed by atoms with Crippen LogP contribution in [0.5, 0.6) is 0 Å². The van der Waals surface area contributed by atoms with Gasteiger partial charge in [0.1, 0.15) is 0 Å². The van der Waals surface area contributed by atoms with E-state index in [0.29, 0.717) is 6.54 Å². The molecule has 5 nitrogen and oxygen atoms in total. The Morgan fingerprint density at radius 1 is 1.62 bits per heavy atom. The van der Waals surface area contributed by atoms with Gasteiger partial charge in [-0.15, -0.1) is 0 Å². The van der Waals surface area contributed by atoms with E-state index in [1.807, 2.05) is 6.92 Å². The van der Waals surface area contributed by atoms with Gasteiger partial charge in [0.15, 0.2) is 0 Å². The Balaban J connectivity index is 2.38. The van der Waals surface area contributed by atoms with Crippen molar-refractivity contribution in [2.75, 3.05) is 19.6 Å². The van der Waals surface area contributed by atoms with Crippen LogP contribution in [0.1, 0.15) is 19.8 Å². The summed E-state index contributed by atoms with van der Waals surface area (Å²) in [6, 6.07) is 0. The molecule has 1 saturated heterocycles. The molecule has 1 unspecified atom stereocenters. The highest BCUT2D eigenvalue weighted by atomic mass is 31.2. The molecule has 0 aromatic heterocycles. The summed E-state index contributed by atoms with van der Waals surface area (Å²) in [5.74, 6) is 0. The van der Waals surface area contributed by atoms with Crippen LogP contribution in [0.15, 0.2) is 0 Å². The third kappa shape index (κ3) is 4.20. The van der Waals surface area contributed by atoms with Gasteiger partial charge in [0, 0.05) is 6.54 Å². The normalized spacial score (nSPS) is 26.2. The van der Waals surface area contributed by atoms with E-state index in [2.05, 4.69) is 9.42 Å². The van der Waals surface area contributed by atoms with Gasteiger partial charge in [-0.3, -0.25) is 4.52 Å². The maximum Gasteiger partial charge on any atom is 0.469 e. The topological polar surface area (TPSA) is 70.0 Å². The van der Waals surface area contributed by atoms with Gasteiger partial charge in [0.2, 0.25) is 0 Å². The van der Waals surface area contributed by atoms with Crippen molar-refractivity contribution < 1.29 is 18.9 Å². The van der Waals surface area contributed by atoms with E-state index in [1.54, 1.807) is 0 Å². The molecular formula is C7H16NO4P. The Morgan fingerprint density at radius 3 is 2.85 bits per heavy atom. The summed E-state index contributed by atoms with van der Waals surface area (Å²) in [7, 11) is -4.30. The summed E-state index contributed by atoms with van der Waals surface area (Å²) >= 11 is 0. The second kappa shape index (κ2) is 4.53. The van der Waals surface area contributed by atoms with E-state index in [1.165, 1.54) is 0 Å². The lowest BCUT2D eigenvalue weighted by atomic mass is 10.1. The van der Waals surface area contributed by atoms with Crippen molar-refractivity contribution in [3.05, 3.63) is 0 Å². The number of hydrogen-bond donors (Lipinski definition) is 2. The lowest BCUT2D eigenvalue weighted by Crippen LogP contribution is -2.38. The number of piperidine rings is 1. The van der Waals surface area contributed by atoms with Crippen molar-refractivity contribution in [3.63, 3.8) is 0 Å². The van der Waals surface area contributed by atoms with Crippen molar-refractivity contribution in [1.82, 2.24) is 4.90 Å². The highest BCUT2D eigenvalue weighted by Crippen LogP contribution is 2.39. The van der Waals surface area contributed by atoms with Gasteiger partial charge < -0.3 is 14.7 Å². The number of hydrogen-bond acceptors (Lipinski definition) is 3. The van der Waals surface area contributed by atoms with Crippen molar-refractivity contribution in [2.24, 2.45) is 0 Å². The lowest BCUT2D eigenvalue weighted by Gasteiger charge is -2.31. The molecule has 2 N–H and O–H groups in total. The molecule has 0 bridgehead atoms. The minimum atomic E-state index is -4.30. The molecule has 1 atom stereocenters. The highest BCUT2D eigenvalue weighted by Gasteiger charge is 2.26. The van der Waals surface area contributed by atoms with Gasteiger partial charge in [-0.2, -0.15) is 0 Å². The average Bonchev–Trinajstić information content (AvgIpc) is 2.01. The predicted octanol–water partition coefficient (Wildman–Crippen LogP) is 0.580. The molecule has 0 saturated carbocycles. The predicted molar refractivity (Wildman–Crippen MR) is 48.3 cm³/mol. The first-order valence-electron chi connectivity index (χ1n) is 4.47. The van der Waals surface area contributed by atoms with E-state index in [0.717, 1.165) is 25.9 Å². The molecule has 1 heterocycles. The van der Waals surface area contributed by atoms with Gasteiger partial charge >= 0.3 is 7.82 Å². The first-order chi connectivity index (χ1) is 6.01. The first kappa shape index (κ1) is 11.1. The zero-order valence-corrected chi connectivity index (χ0v) is 8.61. The molecule has 0 aliphatic carbocycles. The molecule has 1 aliphatic rings. The van der Waals surface area contributed by atoms with Gasteiger partial charge in [-0.05, 0) is 25.9 Å². The molecule has 1 rings (SSSR count). The van der Waals surface area contributed by atoms with Crippen LogP contribution in [0.2, 0.25) is 0 Å². The van der Waals surface area contributed by atoms with Crippen molar-refractivity contribution in [1.29, 1.82) is 0 Å². The number of phosphoric acid groups is 1. The van der Waals surface area contributed by atoms with Crippen LogP contribution >= 0.6 is 7.82 Å². The van der Waals surface area contributed by atoms with Crippen molar-refractivity contribution >= 4 is 7.82 Å². The maximum atomic E-state index is 10.5. The minimum absolute atomic E-state index is 0.311. The largest absolute Gasteiger partial charge is 0.469 e. The zero-order valence-electron chi connectivity index (χ0n) is 7.72. The van der Waals surface area contributed by atoms with Crippen LogP contribution in [-0.4, -0.2) is 40.4 Å². The number of nitrogens with zero attached hydrogens (tertiary/aromatic N) is 1. The van der Waals surface area contributed by atoms with Crippen molar-refractivity contribution in [3.8, 4) is 0 Å². The molecule has 0 aromatic carbocycles. The number of likely N-dealkylation sites (N-methyl/N-ethyl adjacent to an activating group) is 1. The van der Waals surface area contributed by atoms with Crippen molar-refractivity contribution in [2.45, 2.75) is 25.9 Å². The Morgan fingerprint density at radius 2 is 2.31 bits per heavy atom. The molecule has 0 radical (unpaired) electrons. The van der Waals surface area contributed by atoms with Crippen LogP contribution in [0.3, 0.4) is 0 Å². The summed E-state index contributed by atoms with van der Waals surface area (Å²) in [5.41, 5.74) is 0. The molecule has 6 heteroatoms. The Labute approximate surface area is 77.9 Å². The highest BCUT2D eigenvalue weighted by molar-refractivity contribution is 7.46. The van der Waals surface area contributed by atoms with E-state index < -0.39 is 7.82 Å². The Kier molecular flexibility index (Phi) is 3.88. The smallest absolute Gasteiger partial charge is 0.303 e. The molecular weight excluding hydrogens is 193 g/mol. The Bertz CT molecular complexity index is 205. The van der Waals surface area contributed by atoms with Gasteiger partial charge in [0.05, 0.1) is 6.10 Å². The molecule has 78 valence electrons. The van der Waals surface area contributed by atoms with E-state index in [9.17, 15) is 4.57 Å². The molecule has 13 heavy (non-hydrogen) atoms. The third-order valence-corrected chi connectivity index (χ3v) is 2.77. The third-order valence-electron chi connectivity index (χ3n) is 2.20. The lowest BCUT2D eigenvalue weighted by molar-refractivity contribution is 0.0638. The van der Waals surface area contributed by atoms with Crippen LogP contribution in [-0.2, 0) is 9.09 Å². The van der Waals surface area contributed by atoms with Crippen LogP contribution in [0.4, 0.5) is 0 Å². The van der Waals surface area contributed by atoms with Crippen LogP contribution in [0, 0.1) is 0 Å². The number of rotatable bonds is 3. The molecule has 1 fully saturated rings. The number of phosphoric ester groups is 1. The van der Waals surface area contributed by atoms with E-state index >= 15 is 0 Å². The van der Waals surface area contributed by atoms with E-state index in [-0.39, 0.29) is 6.10 Å². The summed E-state index contributed by atoms with van der Waals surface area (Å²) in [4.78, 5) is 19.3. The first-order valence-corrected chi connectivity index (χ1v) is 6.00. The summed E-state index contributed by atoms with van der Waals surface area (Å²) in [6.07, 6.45) is 1.37. The second-order valence-corrected chi connectivity index (χ2v) is 4.45. The second-order valence-electron chi connectivity index (χ2n) is 3.25. The molecule has 0 amide bonds. The molecule has 0 spiro atoms. The SMILES string of the molecule is CCN1CCCC(OP(=O)(O)O)C1. The van der Waals surface area contributed by atoms with Gasteiger partial charge in [-0.25, -0.2) is 4.57 Å². The fourth-order valence-electron chi connectivity index (χ4n) is 1.58. The van der Waals surface area contributed by atoms with Crippen LogP contribution < -0.4 is 0 Å². The standard InChI is InChI=1S/C7H16NO4P/c1-2-8-5-3-4-7(6-8)12-13(9,10)11/h7H,2-6H2,1H3,(H2,9,10,11). The summed E-state index contributed by atoms with van der Waals surface area (Å²) in [5, 5.41) is 0. The Hall–Kier alpha value is 0.0700. The monoisotopic (exact) mass is 209 g/mol. The molecule has 1 aliphatic heterocycles. The fourth-order valence-corrected chi connectivity index (χ4v) is 2.14. The van der Waals surface area contributed by atoms with Gasteiger partial charge in [0.25, 0.3) is 0 Å². The maximum absolute atomic E-state index is 10.5. The quantitative estimate of drug-likeness (QED) is 0.665. The fraction of sp³-hybridized carbons (Fsp3) is 1.00. The number of likely N-dealkylation sites (tertiary alicyclic amines) is 1. The summed E-state index contributed by atoms with van der Waals surface area (Å²) < 4.78 is 15.2.